The second-order valence-electron chi connectivity index (χ2n) is 7.19. The molecular weight excluding hydrogens is 402 g/mol. The van der Waals surface area contributed by atoms with E-state index in [0.717, 1.165) is 0 Å². The van der Waals surface area contributed by atoms with Crippen LogP contribution in [0.4, 0.5) is 4.79 Å². The molecule has 0 bridgehead atoms. The number of imide groups is 1. The van der Waals surface area contributed by atoms with Gasteiger partial charge in [-0.2, -0.15) is 0 Å². The van der Waals surface area contributed by atoms with Gasteiger partial charge >= 0.3 is 6.03 Å². The average molecular weight is 428 g/mol. The molecule has 3 amide bonds. The molecule has 3 rings (SSSR count). The molecule has 0 saturated carbocycles. The maximum atomic E-state index is 12.8. The first kappa shape index (κ1) is 20.8. The van der Waals surface area contributed by atoms with Crippen LogP contribution in [0.2, 0.25) is 0 Å². The van der Waals surface area contributed by atoms with Crippen LogP contribution in [0.3, 0.4) is 0 Å². The van der Waals surface area contributed by atoms with E-state index in [0.29, 0.717) is 31.7 Å². The molecule has 8 nitrogen and oxygen atoms in total. The number of hydrogen-bond acceptors (Lipinski definition) is 6. The quantitative estimate of drug-likeness (QED) is 0.481. The molecule has 28 heavy (non-hydrogen) atoms. The SMILES string of the molecule is C/C=S(/C[C@@]1(C)NC(=O)NC1=O)N1CCC(S(=O)(=O)c2ccc(O)cc2)CC1. The van der Waals surface area contributed by atoms with Gasteiger partial charge in [-0.3, -0.25) is 14.4 Å². The summed E-state index contributed by atoms with van der Waals surface area (Å²) in [7, 11) is -3.82. The van der Waals surface area contributed by atoms with Crippen LogP contribution in [0.1, 0.15) is 26.7 Å². The van der Waals surface area contributed by atoms with E-state index in [1.165, 1.54) is 24.3 Å². The molecule has 154 valence electrons. The third-order valence-electron chi connectivity index (χ3n) is 5.16. The Morgan fingerprint density at radius 3 is 2.36 bits per heavy atom. The Morgan fingerprint density at radius 1 is 1.25 bits per heavy atom. The van der Waals surface area contributed by atoms with Crippen LogP contribution in [0, 0.1) is 0 Å². The molecule has 2 aliphatic rings. The zero-order chi connectivity index (χ0) is 20.5. The number of benzene rings is 1. The summed E-state index contributed by atoms with van der Waals surface area (Å²) < 4.78 is 27.9. The van der Waals surface area contributed by atoms with E-state index in [4.69, 9.17) is 0 Å². The van der Waals surface area contributed by atoms with Crippen molar-refractivity contribution < 1.29 is 23.1 Å². The Balaban J connectivity index is 1.66. The van der Waals surface area contributed by atoms with Gasteiger partial charge in [0, 0.05) is 18.8 Å². The lowest BCUT2D eigenvalue weighted by Crippen LogP contribution is -2.48. The van der Waals surface area contributed by atoms with Crippen molar-refractivity contribution in [2.75, 3.05) is 18.8 Å². The second-order valence-corrected chi connectivity index (χ2v) is 11.5. The van der Waals surface area contributed by atoms with Gasteiger partial charge in [-0.15, -0.1) is 10.7 Å². The van der Waals surface area contributed by atoms with Crippen LogP contribution in [-0.2, 0) is 14.6 Å². The minimum absolute atomic E-state index is 0.0350. The van der Waals surface area contributed by atoms with Crippen molar-refractivity contribution >= 4 is 37.8 Å². The van der Waals surface area contributed by atoms with Crippen LogP contribution in [0.25, 0.3) is 0 Å². The van der Waals surface area contributed by atoms with Gasteiger partial charge in [0.2, 0.25) is 0 Å². The lowest BCUT2D eigenvalue weighted by molar-refractivity contribution is -0.122. The number of rotatable bonds is 5. The molecular formula is C18H25N3O5S2. The van der Waals surface area contributed by atoms with Gasteiger partial charge in [0.25, 0.3) is 5.91 Å². The van der Waals surface area contributed by atoms with Gasteiger partial charge < -0.3 is 10.4 Å². The molecule has 0 aromatic heterocycles. The number of sulfone groups is 1. The van der Waals surface area contributed by atoms with Crippen molar-refractivity contribution in [1.29, 1.82) is 0 Å². The Labute approximate surface area is 167 Å². The van der Waals surface area contributed by atoms with Gasteiger partial charge in [-0.05, 0) is 56.3 Å². The highest BCUT2D eigenvalue weighted by molar-refractivity contribution is 8.13. The number of urea groups is 1. The molecule has 1 aromatic rings. The molecule has 0 aliphatic carbocycles. The standard InChI is InChI=1S/C18H25N3O5S2/c1-3-27(12-18(2)16(23)19-17(24)20-18)21-10-8-15(9-11-21)28(25,26)14-6-4-13(22)5-7-14/h3-7,15,22H,8-12H2,1-2H3,(H2,19,20,23,24)/t18-,27?/m1/s1. The third-order valence-corrected chi connectivity index (χ3v) is 9.89. The van der Waals surface area contributed by atoms with E-state index in [1.807, 2.05) is 12.3 Å². The van der Waals surface area contributed by atoms with Gasteiger partial charge in [-0.25, -0.2) is 13.2 Å². The Morgan fingerprint density at radius 2 is 1.86 bits per heavy atom. The molecule has 0 radical (unpaired) electrons. The summed E-state index contributed by atoms with van der Waals surface area (Å²) in [5.41, 5.74) is -0.957. The lowest BCUT2D eigenvalue weighted by atomic mass is 10.1. The maximum absolute atomic E-state index is 12.8. The highest BCUT2D eigenvalue weighted by Gasteiger charge is 2.43. The van der Waals surface area contributed by atoms with Gasteiger partial charge in [0.15, 0.2) is 9.84 Å². The van der Waals surface area contributed by atoms with Crippen LogP contribution in [0.15, 0.2) is 29.2 Å². The fourth-order valence-electron chi connectivity index (χ4n) is 3.51. The largest absolute Gasteiger partial charge is 0.508 e. The number of hydrogen-bond donors (Lipinski definition) is 3. The molecule has 2 fully saturated rings. The minimum atomic E-state index is -3.45. The van der Waals surface area contributed by atoms with Gasteiger partial charge in [0.1, 0.15) is 11.3 Å². The number of amides is 3. The molecule has 1 aromatic carbocycles. The van der Waals surface area contributed by atoms with Gasteiger partial charge in [-0.1, -0.05) is 0 Å². The number of aromatic hydroxyl groups is 1. The first-order valence-electron chi connectivity index (χ1n) is 9.06. The Kier molecular flexibility index (Phi) is 5.83. The summed E-state index contributed by atoms with van der Waals surface area (Å²) in [5, 5.41) is 15.9. The number of nitrogens with one attached hydrogen (secondary N) is 2. The number of phenols is 1. The summed E-state index contributed by atoms with van der Waals surface area (Å²) in [5.74, 6) is 0.158. The predicted molar refractivity (Wildman–Crippen MR) is 109 cm³/mol. The number of piperidine rings is 1. The molecule has 2 saturated heterocycles. The fraction of sp³-hybridized carbons (Fsp3) is 0.500. The average Bonchev–Trinajstić information content (AvgIpc) is 2.92. The molecule has 2 atom stereocenters. The molecule has 10 heteroatoms. The van der Waals surface area contributed by atoms with Crippen LogP contribution >= 0.6 is 10.7 Å². The zero-order valence-corrected chi connectivity index (χ0v) is 17.5. The van der Waals surface area contributed by atoms with E-state index in [2.05, 4.69) is 14.9 Å². The van der Waals surface area contributed by atoms with E-state index < -0.39 is 26.7 Å². The van der Waals surface area contributed by atoms with Crippen LogP contribution in [0.5, 0.6) is 5.75 Å². The van der Waals surface area contributed by atoms with Crippen molar-refractivity contribution in [2.45, 2.75) is 42.4 Å². The van der Waals surface area contributed by atoms with Crippen molar-refractivity contribution in [1.82, 2.24) is 14.9 Å². The number of nitrogens with zero attached hydrogens (tertiary/aromatic N) is 1. The maximum Gasteiger partial charge on any atom is 0.322 e. The number of phenolic OH excluding ortho intramolecular Hbond substituents is 1. The number of carbonyl (C=O) groups excluding carboxylic acids is 2. The molecule has 2 aliphatic heterocycles. The topological polar surface area (TPSA) is 116 Å². The Hall–Kier alpha value is -1.91. The van der Waals surface area contributed by atoms with Crippen molar-refractivity contribution in [3.63, 3.8) is 0 Å². The highest BCUT2D eigenvalue weighted by Crippen LogP contribution is 2.33. The Bertz CT molecular complexity index is 906. The third kappa shape index (κ3) is 4.08. The van der Waals surface area contributed by atoms with Gasteiger partial charge in [0.05, 0.1) is 10.1 Å². The number of carbonyl (C=O) groups is 2. The minimum Gasteiger partial charge on any atom is -0.508 e. The lowest BCUT2D eigenvalue weighted by Gasteiger charge is -2.36. The smallest absolute Gasteiger partial charge is 0.322 e. The summed E-state index contributed by atoms with van der Waals surface area (Å²) in [6.45, 7) is 4.82. The van der Waals surface area contributed by atoms with E-state index in [-0.39, 0.29) is 27.2 Å². The van der Waals surface area contributed by atoms with E-state index in [1.54, 1.807) is 6.92 Å². The molecule has 2 heterocycles. The van der Waals surface area contributed by atoms with E-state index in [9.17, 15) is 23.1 Å². The summed E-state index contributed by atoms with van der Waals surface area (Å²) in [4.78, 5) is 23.8. The first-order valence-corrected chi connectivity index (χ1v) is 12.0. The molecule has 3 N–H and O–H groups in total. The second kappa shape index (κ2) is 7.84. The first-order chi connectivity index (χ1) is 13.2. The zero-order valence-electron chi connectivity index (χ0n) is 15.8. The highest BCUT2D eigenvalue weighted by atomic mass is 32.2. The fourth-order valence-corrected chi connectivity index (χ4v) is 7.36. The normalized spacial score (nSPS) is 25.5. The van der Waals surface area contributed by atoms with E-state index >= 15 is 0 Å². The van der Waals surface area contributed by atoms with Crippen molar-refractivity contribution in [3.8, 4) is 5.75 Å². The van der Waals surface area contributed by atoms with Crippen molar-refractivity contribution in [3.05, 3.63) is 24.3 Å². The molecule has 1 unspecified atom stereocenters. The van der Waals surface area contributed by atoms with Crippen LogP contribution in [-0.4, -0.2) is 64.8 Å². The molecule has 0 spiro atoms. The summed E-state index contributed by atoms with van der Waals surface area (Å²) in [6, 6.07) is 5.15. The predicted octanol–water partition coefficient (Wildman–Crippen LogP) is 1.23. The van der Waals surface area contributed by atoms with Crippen molar-refractivity contribution in [2.24, 2.45) is 0 Å². The summed E-state index contributed by atoms with van der Waals surface area (Å²) in [6.07, 6.45) is 0.992. The monoisotopic (exact) mass is 427 g/mol. The summed E-state index contributed by atoms with van der Waals surface area (Å²) >= 11 is 0. The van der Waals surface area contributed by atoms with Crippen LogP contribution < -0.4 is 10.6 Å².